The molecule has 0 saturated carbocycles. The van der Waals surface area contributed by atoms with Gasteiger partial charge in [-0.2, -0.15) is 0 Å². The molecule has 0 unspecified atom stereocenters. The Morgan fingerprint density at radius 3 is 2.72 bits per heavy atom. The number of anilines is 1. The minimum absolute atomic E-state index is 0.0264. The van der Waals surface area contributed by atoms with Gasteiger partial charge in [0.15, 0.2) is 5.96 Å². The number of aromatic nitrogens is 2. The van der Waals surface area contributed by atoms with E-state index < -0.39 is 0 Å². The molecule has 0 aromatic carbocycles. The first-order valence-corrected chi connectivity index (χ1v) is 9.99. The summed E-state index contributed by atoms with van der Waals surface area (Å²) >= 11 is 0. The SMILES string of the molecule is CN=C(NCc1cccnc1N1CCC(C(N)=O)CC1)N(C)Cc1cccn1C. The lowest BCUT2D eigenvalue weighted by Gasteiger charge is -2.32. The fourth-order valence-corrected chi connectivity index (χ4v) is 3.77. The van der Waals surface area contributed by atoms with Crippen LogP contribution in [0.1, 0.15) is 24.1 Å². The number of guanidine groups is 1. The molecule has 156 valence electrons. The van der Waals surface area contributed by atoms with Crippen molar-refractivity contribution in [2.24, 2.45) is 23.7 Å². The molecular weight excluding hydrogens is 366 g/mol. The highest BCUT2D eigenvalue weighted by atomic mass is 16.1. The first-order chi connectivity index (χ1) is 14.0. The van der Waals surface area contributed by atoms with Crippen LogP contribution in [0.25, 0.3) is 0 Å². The number of aliphatic imine (C=N–C) groups is 1. The molecule has 0 aliphatic carbocycles. The van der Waals surface area contributed by atoms with Crippen molar-refractivity contribution in [1.82, 2.24) is 19.8 Å². The molecule has 0 bridgehead atoms. The Balaban J connectivity index is 1.63. The van der Waals surface area contributed by atoms with Crippen LogP contribution in [0, 0.1) is 5.92 Å². The number of carbonyl (C=O) groups is 1. The van der Waals surface area contributed by atoms with Gasteiger partial charge in [0.1, 0.15) is 5.82 Å². The fraction of sp³-hybridized carbons (Fsp3) is 0.476. The molecule has 1 aliphatic heterocycles. The lowest BCUT2D eigenvalue weighted by Crippen LogP contribution is -2.40. The van der Waals surface area contributed by atoms with Gasteiger partial charge in [0.05, 0.1) is 6.54 Å². The Morgan fingerprint density at radius 2 is 2.10 bits per heavy atom. The highest BCUT2D eigenvalue weighted by Gasteiger charge is 2.25. The number of hydrogen-bond donors (Lipinski definition) is 2. The van der Waals surface area contributed by atoms with Gasteiger partial charge in [-0.3, -0.25) is 9.79 Å². The second-order valence-electron chi connectivity index (χ2n) is 7.52. The summed E-state index contributed by atoms with van der Waals surface area (Å²) in [6.45, 7) is 2.98. The van der Waals surface area contributed by atoms with Gasteiger partial charge in [-0.15, -0.1) is 0 Å². The normalized spacial score (nSPS) is 15.4. The Morgan fingerprint density at radius 1 is 1.34 bits per heavy atom. The average molecular weight is 398 g/mol. The second-order valence-corrected chi connectivity index (χ2v) is 7.52. The van der Waals surface area contributed by atoms with Gasteiger partial charge in [-0.1, -0.05) is 6.07 Å². The highest BCUT2D eigenvalue weighted by Crippen LogP contribution is 2.24. The number of piperidine rings is 1. The summed E-state index contributed by atoms with van der Waals surface area (Å²) in [6, 6.07) is 8.19. The lowest BCUT2D eigenvalue weighted by atomic mass is 9.96. The van der Waals surface area contributed by atoms with Crippen LogP contribution >= 0.6 is 0 Å². The first-order valence-electron chi connectivity index (χ1n) is 9.99. The molecule has 2 aromatic rings. The zero-order chi connectivity index (χ0) is 20.8. The number of hydrogen-bond acceptors (Lipinski definition) is 4. The van der Waals surface area contributed by atoms with E-state index in [1.807, 2.05) is 38.6 Å². The summed E-state index contributed by atoms with van der Waals surface area (Å²) in [4.78, 5) is 24.8. The van der Waals surface area contributed by atoms with Crippen LogP contribution < -0.4 is 16.0 Å². The van der Waals surface area contributed by atoms with Gasteiger partial charge in [-0.25, -0.2) is 4.98 Å². The van der Waals surface area contributed by atoms with E-state index in [4.69, 9.17) is 5.73 Å². The van der Waals surface area contributed by atoms with Gasteiger partial charge in [0, 0.05) is 70.3 Å². The summed E-state index contributed by atoms with van der Waals surface area (Å²) in [6.07, 6.45) is 5.41. The summed E-state index contributed by atoms with van der Waals surface area (Å²) in [7, 11) is 5.87. The topological polar surface area (TPSA) is 91.8 Å². The molecule has 0 radical (unpaired) electrons. The number of aryl methyl sites for hydroxylation is 1. The van der Waals surface area contributed by atoms with E-state index >= 15 is 0 Å². The van der Waals surface area contributed by atoms with E-state index in [9.17, 15) is 4.79 Å². The number of nitrogens with zero attached hydrogens (tertiary/aromatic N) is 5. The van der Waals surface area contributed by atoms with Crippen LogP contribution in [0.3, 0.4) is 0 Å². The Bertz CT molecular complexity index is 852. The molecule has 0 spiro atoms. The number of primary amides is 1. The number of rotatable bonds is 6. The molecule has 29 heavy (non-hydrogen) atoms. The number of nitrogens with one attached hydrogen (secondary N) is 1. The molecule has 3 rings (SSSR count). The summed E-state index contributed by atoms with van der Waals surface area (Å²) in [5, 5.41) is 3.45. The van der Waals surface area contributed by atoms with Crippen molar-refractivity contribution in [1.29, 1.82) is 0 Å². The van der Waals surface area contributed by atoms with Crippen LogP contribution in [0.4, 0.5) is 5.82 Å². The minimum Gasteiger partial charge on any atom is -0.369 e. The van der Waals surface area contributed by atoms with Gasteiger partial charge in [0.25, 0.3) is 0 Å². The van der Waals surface area contributed by atoms with Gasteiger partial charge < -0.3 is 25.4 Å². The molecule has 8 nitrogen and oxygen atoms in total. The van der Waals surface area contributed by atoms with Crippen molar-refractivity contribution in [3.05, 3.63) is 47.9 Å². The zero-order valence-electron chi connectivity index (χ0n) is 17.5. The molecule has 1 amide bonds. The van der Waals surface area contributed by atoms with Crippen LogP contribution in [0.5, 0.6) is 0 Å². The highest BCUT2D eigenvalue weighted by molar-refractivity contribution is 5.79. The maximum absolute atomic E-state index is 11.4. The third-order valence-corrected chi connectivity index (χ3v) is 5.53. The van der Waals surface area contributed by atoms with Gasteiger partial charge in [0.2, 0.25) is 5.91 Å². The van der Waals surface area contributed by atoms with Crippen LogP contribution in [0.15, 0.2) is 41.7 Å². The van der Waals surface area contributed by atoms with E-state index in [-0.39, 0.29) is 11.8 Å². The molecule has 1 fully saturated rings. The summed E-state index contributed by atoms with van der Waals surface area (Å²) in [5.41, 5.74) is 7.79. The van der Waals surface area contributed by atoms with E-state index in [1.54, 1.807) is 7.05 Å². The fourth-order valence-electron chi connectivity index (χ4n) is 3.77. The van der Waals surface area contributed by atoms with Crippen molar-refractivity contribution < 1.29 is 4.79 Å². The molecule has 2 aromatic heterocycles. The molecule has 3 heterocycles. The number of amides is 1. The summed E-state index contributed by atoms with van der Waals surface area (Å²) < 4.78 is 2.11. The second kappa shape index (κ2) is 9.45. The van der Waals surface area contributed by atoms with E-state index in [0.29, 0.717) is 6.54 Å². The molecule has 3 N–H and O–H groups in total. The van der Waals surface area contributed by atoms with Crippen LogP contribution in [-0.4, -0.2) is 53.5 Å². The lowest BCUT2D eigenvalue weighted by molar-refractivity contribution is -0.122. The van der Waals surface area contributed by atoms with E-state index in [0.717, 1.165) is 49.8 Å². The van der Waals surface area contributed by atoms with Gasteiger partial charge >= 0.3 is 0 Å². The molecule has 0 atom stereocenters. The van der Waals surface area contributed by atoms with Crippen molar-refractivity contribution in [3.63, 3.8) is 0 Å². The molecule has 1 saturated heterocycles. The van der Waals surface area contributed by atoms with Crippen LogP contribution in [0.2, 0.25) is 0 Å². The van der Waals surface area contributed by atoms with Crippen molar-refractivity contribution in [2.75, 3.05) is 32.1 Å². The first kappa shape index (κ1) is 20.7. The monoisotopic (exact) mass is 397 g/mol. The quantitative estimate of drug-likeness (QED) is 0.567. The summed E-state index contributed by atoms with van der Waals surface area (Å²) in [5.74, 6) is 1.57. The zero-order valence-corrected chi connectivity index (χ0v) is 17.5. The van der Waals surface area contributed by atoms with Crippen molar-refractivity contribution >= 4 is 17.7 Å². The van der Waals surface area contributed by atoms with E-state index in [1.165, 1.54) is 5.69 Å². The Hall–Kier alpha value is -3.03. The third kappa shape index (κ3) is 5.07. The Kier molecular flexibility index (Phi) is 6.74. The smallest absolute Gasteiger partial charge is 0.220 e. The molecule has 8 heteroatoms. The predicted molar refractivity (Wildman–Crippen MR) is 115 cm³/mol. The van der Waals surface area contributed by atoms with Crippen molar-refractivity contribution in [2.45, 2.75) is 25.9 Å². The van der Waals surface area contributed by atoms with Crippen molar-refractivity contribution in [3.8, 4) is 0 Å². The maximum atomic E-state index is 11.4. The van der Waals surface area contributed by atoms with E-state index in [2.05, 4.69) is 41.8 Å². The number of nitrogens with two attached hydrogens (primary N) is 1. The number of pyridine rings is 1. The predicted octanol–water partition coefficient (Wildman–Crippen LogP) is 1.33. The standard InChI is InChI=1S/C21H31N7O/c1-23-21(27(3)15-18-7-5-11-26(18)2)25-14-17-6-4-10-24-20(17)28-12-8-16(9-13-28)19(22)29/h4-7,10-11,16H,8-9,12-15H2,1-3H3,(H2,22,29)(H,23,25). The largest absolute Gasteiger partial charge is 0.369 e. The maximum Gasteiger partial charge on any atom is 0.220 e. The molecule has 1 aliphatic rings. The Labute approximate surface area is 172 Å². The third-order valence-electron chi connectivity index (χ3n) is 5.53. The van der Waals surface area contributed by atoms with Crippen LogP contribution in [-0.2, 0) is 24.9 Å². The average Bonchev–Trinajstić information content (AvgIpc) is 3.13. The minimum atomic E-state index is -0.197. The van der Waals surface area contributed by atoms with Gasteiger partial charge in [-0.05, 0) is 31.0 Å². The number of carbonyl (C=O) groups excluding carboxylic acids is 1. The molecular formula is C21H31N7O.